The molecule has 0 saturated carbocycles. The summed E-state index contributed by atoms with van der Waals surface area (Å²) in [5.41, 5.74) is 0.325. The van der Waals surface area contributed by atoms with Crippen molar-refractivity contribution in [3.8, 4) is 0 Å². The molecule has 2 aromatic rings. The molecule has 0 unspecified atom stereocenters. The number of hydrazone groups is 2. The number of esters is 2. The van der Waals surface area contributed by atoms with E-state index in [-0.39, 0.29) is 24.6 Å². The molecule has 0 bridgehead atoms. The number of ether oxygens (including phenoxy) is 2. The van der Waals surface area contributed by atoms with Gasteiger partial charge in [0.05, 0.1) is 29.4 Å². The smallest absolute Gasteiger partial charge is 0.356 e. The Labute approximate surface area is 229 Å². The van der Waals surface area contributed by atoms with Gasteiger partial charge in [0.25, 0.3) is 11.8 Å². The molecule has 37 heavy (non-hydrogen) atoms. The third kappa shape index (κ3) is 4.71. The normalized spacial score (nSPS) is 22.0. The largest absolute Gasteiger partial charge is 0.461 e. The summed E-state index contributed by atoms with van der Waals surface area (Å²) in [4.78, 5) is 52.3. The van der Waals surface area contributed by atoms with E-state index >= 15 is 0 Å². The van der Waals surface area contributed by atoms with Gasteiger partial charge in [-0.25, -0.2) is 9.59 Å². The highest BCUT2D eigenvalue weighted by Crippen LogP contribution is 2.44. The Kier molecular flexibility index (Phi) is 7.88. The molecule has 12 heteroatoms. The lowest BCUT2D eigenvalue weighted by atomic mass is 9.86. The van der Waals surface area contributed by atoms with Crippen molar-refractivity contribution in [3.05, 3.63) is 60.7 Å². The van der Waals surface area contributed by atoms with Gasteiger partial charge in [0.1, 0.15) is 5.92 Å². The zero-order valence-corrected chi connectivity index (χ0v) is 23.0. The number of rotatable bonds is 8. The lowest BCUT2D eigenvalue weighted by Crippen LogP contribution is -2.56. The van der Waals surface area contributed by atoms with E-state index in [1.165, 1.54) is 0 Å². The number of hydrogen-bond donors (Lipinski definition) is 0. The summed E-state index contributed by atoms with van der Waals surface area (Å²) >= 11 is 6.90. The van der Waals surface area contributed by atoms with Crippen LogP contribution >= 0.6 is 31.9 Å². The first-order chi connectivity index (χ1) is 17.7. The first kappa shape index (κ1) is 26.7. The number of benzene rings is 2. The van der Waals surface area contributed by atoms with Crippen LogP contribution in [0.15, 0.2) is 70.9 Å². The van der Waals surface area contributed by atoms with E-state index in [1.807, 2.05) is 0 Å². The highest BCUT2D eigenvalue weighted by molar-refractivity contribution is 9.13. The van der Waals surface area contributed by atoms with Crippen LogP contribution in [0.2, 0.25) is 0 Å². The zero-order chi connectivity index (χ0) is 26.7. The van der Waals surface area contributed by atoms with Crippen molar-refractivity contribution < 1.29 is 28.7 Å². The van der Waals surface area contributed by atoms with Gasteiger partial charge in [-0.3, -0.25) is 9.59 Å². The average molecular weight is 634 g/mol. The summed E-state index contributed by atoms with van der Waals surface area (Å²) in [7, 11) is 0. The minimum Gasteiger partial charge on any atom is -0.461 e. The van der Waals surface area contributed by atoms with Gasteiger partial charge in [0.2, 0.25) is 0 Å². The molecule has 2 heterocycles. The zero-order valence-electron chi connectivity index (χ0n) is 19.8. The van der Waals surface area contributed by atoms with E-state index in [0.29, 0.717) is 11.4 Å². The summed E-state index contributed by atoms with van der Waals surface area (Å²) < 4.78 is 8.46. The van der Waals surface area contributed by atoms with E-state index in [1.54, 1.807) is 74.5 Å². The van der Waals surface area contributed by atoms with Crippen LogP contribution in [0.4, 0.5) is 11.4 Å². The summed E-state index contributed by atoms with van der Waals surface area (Å²) in [6, 6.07) is 17.0. The number of nitrogens with zero attached hydrogens (tertiary/aromatic N) is 4. The highest BCUT2D eigenvalue weighted by atomic mass is 79.9. The Bertz CT molecular complexity index is 1290. The van der Waals surface area contributed by atoms with Crippen molar-refractivity contribution in [2.75, 3.05) is 23.2 Å². The number of amides is 2. The van der Waals surface area contributed by atoms with Crippen molar-refractivity contribution in [1.82, 2.24) is 0 Å². The van der Waals surface area contributed by atoms with Gasteiger partial charge in [0, 0.05) is 0 Å². The number of carbonyl (C=O) groups is 4. The van der Waals surface area contributed by atoms with Gasteiger partial charge < -0.3 is 9.47 Å². The van der Waals surface area contributed by atoms with Crippen LogP contribution in [0, 0.1) is 5.92 Å². The molecular formula is C25H22Br2N4O6. The molecule has 0 N–H and O–H groups in total. The van der Waals surface area contributed by atoms with Gasteiger partial charge in [0.15, 0.2) is 15.7 Å². The monoisotopic (exact) mass is 632 g/mol. The Hall–Kier alpha value is -3.38. The predicted molar refractivity (Wildman–Crippen MR) is 144 cm³/mol. The van der Waals surface area contributed by atoms with Crippen molar-refractivity contribution in [2.45, 2.75) is 23.0 Å². The summed E-state index contributed by atoms with van der Waals surface area (Å²) in [6.45, 7) is 3.33. The second-order valence-electron chi connectivity index (χ2n) is 7.90. The molecule has 0 saturated heterocycles. The van der Waals surface area contributed by atoms with Crippen molar-refractivity contribution >= 4 is 78.4 Å². The van der Waals surface area contributed by atoms with Gasteiger partial charge in [-0.15, -0.1) is 0 Å². The number of carbonyl (C=O) groups excluding carboxylic acids is 4. The number of halogens is 2. The standard InChI is InChI=1S/C25H22Br2N4O6/c1-3-36-22(33)18-17(21(32)30(28-18)15-11-7-5-8-12-15)19(26)25(27)20(23(34)37-4-2)29-31(24(25)35)16-13-9-6-10-14-16/h5-14,17,19H,3-4H2,1-2H3/t17-,19+,25-/m0/s1. The Morgan fingerprint density at radius 1 is 0.892 bits per heavy atom. The molecule has 2 aromatic carbocycles. The molecule has 0 spiro atoms. The maximum absolute atomic E-state index is 13.9. The molecule has 3 atom stereocenters. The fourth-order valence-corrected chi connectivity index (χ4v) is 5.51. The van der Waals surface area contributed by atoms with Gasteiger partial charge in [-0.2, -0.15) is 20.2 Å². The molecule has 4 rings (SSSR count). The van der Waals surface area contributed by atoms with E-state index in [9.17, 15) is 19.2 Å². The molecule has 10 nitrogen and oxygen atoms in total. The average Bonchev–Trinajstić information content (AvgIpc) is 3.39. The van der Waals surface area contributed by atoms with E-state index in [4.69, 9.17) is 9.47 Å². The second-order valence-corrected chi connectivity index (χ2v) is 10.1. The number of para-hydroxylation sites is 2. The van der Waals surface area contributed by atoms with E-state index < -0.39 is 38.8 Å². The van der Waals surface area contributed by atoms with Crippen LogP contribution in [0.1, 0.15) is 13.8 Å². The predicted octanol–water partition coefficient (Wildman–Crippen LogP) is 3.43. The summed E-state index contributed by atoms with van der Waals surface area (Å²) in [5.74, 6) is -4.23. The number of hydrogen-bond acceptors (Lipinski definition) is 8. The molecule has 192 valence electrons. The van der Waals surface area contributed by atoms with Crippen LogP contribution in [0.3, 0.4) is 0 Å². The number of alkyl halides is 2. The first-order valence-electron chi connectivity index (χ1n) is 11.4. The van der Waals surface area contributed by atoms with Crippen molar-refractivity contribution in [1.29, 1.82) is 0 Å². The quantitative estimate of drug-likeness (QED) is 0.325. The second kappa shape index (κ2) is 10.9. The number of anilines is 2. The third-order valence-corrected chi connectivity index (χ3v) is 8.69. The van der Waals surface area contributed by atoms with Gasteiger partial charge in [-0.05, 0) is 38.1 Å². The fraction of sp³-hybridized carbons (Fsp3) is 0.280. The fourth-order valence-electron chi connectivity index (χ4n) is 3.94. The summed E-state index contributed by atoms with van der Waals surface area (Å²) in [5, 5.41) is 10.7. The van der Waals surface area contributed by atoms with Gasteiger partial charge >= 0.3 is 11.9 Å². The Morgan fingerprint density at radius 3 is 1.95 bits per heavy atom. The van der Waals surface area contributed by atoms with Crippen molar-refractivity contribution in [2.24, 2.45) is 16.1 Å². The van der Waals surface area contributed by atoms with Gasteiger partial charge in [-0.1, -0.05) is 68.3 Å². The Morgan fingerprint density at radius 2 is 1.41 bits per heavy atom. The lowest BCUT2D eigenvalue weighted by molar-refractivity contribution is -0.136. The van der Waals surface area contributed by atoms with Crippen LogP contribution in [0.25, 0.3) is 0 Å². The first-order valence-corrected chi connectivity index (χ1v) is 13.1. The van der Waals surface area contributed by atoms with Crippen LogP contribution in [-0.2, 0) is 28.7 Å². The maximum Gasteiger partial charge on any atom is 0.356 e. The lowest BCUT2D eigenvalue weighted by Gasteiger charge is -2.30. The molecule has 2 aliphatic heterocycles. The van der Waals surface area contributed by atoms with Crippen LogP contribution in [0.5, 0.6) is 0 Å². The molecular weight excluding hydrogens is 612 g/mol. The Balaban J connectivity index is 1.80. The minimum atomic E-state index is -1.88. The third-order valence-electron chi connectivity index (χ3n) is 5.65. The maximum atomic E-state index is 13.9. The summed E-state index contributed by atoms with van der Waals surface area (Å²) in [6.07, 6.45) is 0. The molecule has 2 aliphatic rings. The minimum absolute atomic E-state index is 0.0348. The molecule has 0 radical (unpaired) electrons. The van der Waals surface area contributed by atoms with Crippen molar-refractivity contribution in [3.63, 3.8) is 0 Å². The molecule has 0 aliphatic carbocycles. The highest BCUT2D eigenvalue weighted by Gasteiger charge is 2.63. The van der Waals surface area contributed by atoms with Crippen LogP contribution in [-0.4, -0.2) is 57.5 Å². The van der Waals surface area contributed by atoms with E-state index in [0.717, 1.165) is 10.0 Å². The molecule has 0 fully saturated rings. The van der Waals surface area contributed by atoms with E-state index in [2.05, 4.69) is 42.1 Å². The SMILES string of the molecule is CCOC(=O)C1=NN(c2ccccc2)C(=O)[C@@H]1[C@@H](Br)[C@@]1(Br)C(=O)N(c2ccccc2)N=C1C(=O)OCC. The molecule has 0 aromatic heterocycles. The topological polar surface area (TPSA) is 118 Å². The molecule has 2 amide bonds. The van der Waals surface area contributed by atoms with Crippen LogP contribution < -0.4 is 10.0 Å².